The van der Waals surface area contributed by atoms with Gasteiger partial charge in [-0.2, -0.15) is 9.40 Å². The molecular weight excluding hydrogens is 380 g/mol. The summed E-state index contributed by atoms with van der Waals surface area (Å²) in [5, 5.41) is 17.7. The summed E-state index contributed by atoms with van der Waals surface area (Å²) in [4.78, 5) is 14.4. The first kappa shape index (κ1) is 18.5. The Balaban J connectivity index is 1.52. The summed E-state index contributed by atoms with van der Waals surface area (Å²) in [5.74, 6) is -0.430. The van der Waals surface area contributed by atoms with E-state index in [1.54, 1.807) is 36.2 Å². The number of nitrogens with one attached hydrogen (secondary N) is 1. The quantitative estimate of drug-likeness (QED) is 0.696. The molecule has 1 aliphatic heterocycles. The Kier molecular flexibility index (Phi) is 4.56. The Labute approximate surface area is 162 Å². The number of fused-ring (bicyclic) bond motifs is 1. The van der Waals surface area contributed by atoms with Gasteiger partial charge in [0.2, 0.25) is 10.0 Å². The molecule has 0 saturated carbocycles. The van der Waals surface area contributed by atoms with Crippen molar-refractivity contribution in [2.24, 2.45) is 0 Å². The summed E-state index contributed by atoms with van der Waals surface area (Å²) in [5.41, 5.74) is 1.94. The molecule has 0 radical (unpaired) electrons. The molecule has 1 amide bonds. The van der Waals surface area contributed by atoms with Gasteiger partial charge in [0.1, 0.15) is 10.6 Å². The predicted molar refractivity (Wildman–Crippen MR) is 104 cm³/mol. The molecule has 2 aromatic carbocycles. The van der Waals surface area contributed by atoms with Crippen LogP contribution in [0.5, 0.6) is 5.75 Å². The molecule has 0 spiro atoms. The van der Waals surface area contributed by atoms with Crippen molar-refractivity contribution in [1.29, 1.82) is 0 Å². The van der Waals surface area contributed by atoms with Crippen LogP contribution in [0.3, 0.4) is 0 Å². The number of amides is 1. The number of sulfonamides is 1. The zero-order valence-corrected chi connectivity index (χ0v) is 16.1. The molecule has 4 rings (SSSR count). The van der Waals surface area contributed by atoms with E-state index in [4.69, 9.17) is 0 Å². The summed E-state index contributed by atoms with van der Waals surface area (Å²) in [7, 11) is -3.83. The Bertz CT molecular complexity index is 1150. The Morgan fingerprint density at radius 1 is 1.14 bits per heavy atom. The van der Waals surface area contributed by atoms with E-state index in [0.717, 1.165) is 10.9 Å². The smallest absolute Gasteiger partial charge is 0.256 e. The highest BCUT2D eigenvalue weighted by atomic mass is 32.2. The van der Waals surface area contributed by atoms with Crippen LogP contribution in [0.25, 0.3) is 10.9 Å². The van der Waals surface area contributed by atoms with Gasteiger partial charge in [0, 0.05) is 31.6 Å². The number of hydrogen-bond acceptors (Lipinski definition) is 5. The zero-order valence-electron chi connectivity index (χ0n) is 15.3. The fourth-order valence-corrected chi connectivity index (χ4v) is 5.01. The first-order chi connectivity index (χ1) is 13.4. The number of para-hydroxylation sites is 1. The average molecular weight is 400 g/mol. The van der Waals surface area contributed by atoms with Crippen LogP contribution in [0.1, 0.15) is 15.9 Å². The molecule has 3 aromatic rings. The van der Waals surface area contributed by atoms with Crippen molar-refractivity contribution in [2.75, 3.05) is 26.2 Å². The molecule has 0 atom stereocenters. The number of carbonyl (C=O) groups excluding carboxylic acids is 1. The highest BCUT2D eigenvalue weighted by Crippen LogP contribution is 2.28. The second-order valence-electron chi connectivity index (χ2n) is 6.81. The number of H-pyrrole nitrogens is 1. The number of rotatable bonds is 3. The lowest BCUT2D eigenvalue weighted by Crippen LogP contribution is -2.50. The van der Waals surface area contributed by atoms with Crippen LogP contribution in [-0.2, 0) is 10.0 Å². The molecule has 0 unspecified atom stereocenters. The summed E-state index contributed by atoms with van der Waals surface area (Å²) < 4.78 is 27.1. The monoisotopic (exact) mass is 400 g/mol. The number of aromatic nitrogens is 2. The molecule has 146 valence electrons. The van der Waals surface area contributed by atoms with Crippen LogP contribution >= 0.6 is 0 Å². The molecule has 1 aliphatic rings. The van der Waals surface area contributed by atoms with Crippen molar-refractivity contribution in [2.45, 2.75) is 11.8 Å². The molecule has 0 aliphatic carbocycles. The summed E-state index contributed by atoms with van der Waals surface area (Å²) in [6.45, 7) is 2.65. The van der Waals surface area contributed by atoms with Crippen LogP contribution in [0.4, 0.5) is 0 Å². The van der Waals surface area contributed by atoms with Gasteiger partial charge in [-0.1, -0.05) is 18.2 Å². The van der Waals surface area contributed by atoms with Crippen LogP contribution in [0.15, 0.2) is 47.5 Å². The molecule has 1 saturated heterocycles. The third-order valence-corrected chi connectivity index (χ3v) is 6.89. The number of aromatic hydroxyl groups is 1. The second-order valence-corrected chi connectivity index (χ2v) is 8.71. The number of phenolic OH excluding ortho intramolecular Hbond substituents is 1. The number of carbonyl (C=O) groups is 1. The maximum atomic E-state index is 12.9. The molecule has 9 heteroatoms. The van der Waals surface area contributed by atoms with Crippen molar-refractivity contribution >= 4 is 26.8 Å². The molecule has 2 N–H and O–H groups in total. The van der Waals surface area contributed by atoms with Gasteiger partial charge in [-0.15, -0.1) is 0 Å². The second kappa shape index (κ2) is 6.92. The molecule has 1 fully saturated rings. The zero-order chi connectivity index (χ0) is 19.9. The van der Waals surface area contributed by atoms with Gasteiger partial charge in [-0.25, -0.2) is 8.42 Å². The standard InChI is InChI=1S/C19H20N4O4S/c1-13-5-6-16(24)17(11-13)28(26,27)23-9-7-22(8-10-23)19(25)15-4-2-3-14-12-20-21-18(14)15/h2-6,11-12,24H,7-10H2,1H3,(H,20,21). The number of benzene rings is 2. The van der Waals surface area contributed by atoms with E-state index in [-0.39, 0.29) is 42.7 Å². The molecule has 28 heavy (non-hydrogen) atoms. The maximum absolute atomic E-state index is 12.9. The largest absolute Gasteiger partial charge is 0.507 e. The number of nitrogens with zero attached hydrogens (tertiary/aromatic N) is 3. The lowest BCUT2D eigenvalue weighted by molar-refractivity contribution is 0.0699. The minimum atomic E-state index is -3.83. The number of aryl methyl sites for hydroxylation is 1. The third-order valence-electron chi connectivity index (χ3n) is 4.97. The maximum Gasteiger partial charge on any atom is 0.256 e. The van der Waals surface area contributed by atoms with E-state index < -0.39 is 10.0 Å². The Morgan fingerprint density at radius 3 is 2.64 bits per heavy atom. The van der Waals surface area contributed by atoms with Crippen LogP contribution < -0.4 is 0 Å². The van der Waals surface area contributed by atoms with E-state index in [2.05, 4.69) is 10.2 Å². The molecule has 2 heterocycles. The van der Waals surface area contributed by atoms with E-state index in [1.807, 2.05) is 6.07 Å². The molecular formula is C19H20N4O4S. The lowest BCUT2D eigenvalue weighted by Gasteiger charge is -2.34. The normalized spacial score (nSPS) is 15.8. The predicted octanol–water partition coefficient (Wildman–Crippen LogP) is 1.72. The summed E-state index contributed by atoms with van der Waals surface area (Å²) >= 11 is 0. The summed E-state index contributed by atoms with van der Waals surface area (Å²) in [6, 6.07) is 9.90. The first-order valence-corrected chi connectivity index (χ1v) is 10.3. The average Bonchev–Trinajstić information content (AvgIpc) is 3.18. The Morgan fingerprint density at radius 2 is 1.89 bits per heavy atom. The van der Waals surface area contributed by atoms with E-state index >= 15 is 0 Å². The third kappa shape index (κ3) is 3.12. The first-order valence-electron chi connectivity index (χ1n) is 8.89. The lowest BCUT2D eigenvalue weighted by atomic mass is 10.1. The van der Waals surface area contributed by atoms with Gasteiger partial charge in [0.25, 0.3) is 5.91 Å². The van der Waals surface area contributed by atoms with Crippen LogP contribution in [0.2, 0.25) is 0 Å². The van der Waals surface area contributed by atoms with Crippen molar-refractivity contribution in [3.05, 3.63) is 53.7 Å². The van der Waals surface area contributed by atoms with Crippen LogP contribution in [0, 0.1) is 6.92 Å². The van der Waals surface area contributed by atoms with Crippen molar-refractivity contribution in [1.82, 2.24) is 19.4 Å². The van der Waals surface area contributed by atoms with E-state index in [9.17, 15) is 18.3 Å². The highest BCUT2D eigenvalue weighted by Gasteiger charge is 2.32. The molecule has 1 aromatic heterocycles. The molecule has 8 nitrogen and oxygen atoms in total. The fourth-order valence-electron chi connectivity index (χ4n) is 3.42. The number of aromatic amines is 1. The SMILES string of the molecule is Cc1ccc(O)c(S(=O)(=O)N2CCN(C(=O)c3cccc4cn[nH]c34)CC2)c1. The minimum absolute atomic E-state index is 0.102. The molecule has 0 bridgehead atoms. The van der Waals surface area contributed by atoms with Crippen LogP contribution in [-0.4, -0.2) is 65.0 Å². The number of phenols is 1. The van der Waals surface area contributed by atoms with Crippen molar-refractivity contribution < 1.29 is 18.3 Å². The van der Waals surface area contributed by atoms with E-state index in [1.165, 1.54) is 16.4 Å². The van der Waals surface area contributed by atoms with Gasteiger partial charge in [0.05, 0.1) is 17.3 Å². The van der Waals surface area contributed by atoms with Gasteiger partial charge in [-0.3, -0.25) is 9.89 Å². The van der Waals surface area contributed by atoms with Gasteiger partial charge >= 0.3 is 0 Å². The Hall–Kier alpha value is -2.91. The van der Waals surface area contributed by atoms with E-state index in [0.29, 0.717) is 11.1 Å². The van der Waals surface area contributed by atoms with Gasteiger partial charge in [-0.05, 0) is 30.7 Å². The number of piperazine rings is 1. The highest BCUT2D eigenvalue weighted by molar-refractivity contribution is 7.89. The topological polar surface area (TPSA) is 107 Å². The summed E-state index contributed by atoms with van der Waals surface area (Å²) in [6.07, 6.45) is 1.66. The van der Waals surface area contributed by atoms with Gasteiger partial charge in [0.15, 0.2) is 0 Å². The minimum Gasteiger partial charge on any atom is -0.507 e. The van der Waals surface area contributed by atoms with Crippen molar-refractivity contribution in [3.63, 3.8) is 0 Å². The van der Waals surface area contributed by atoms with Crippen molar-refractivity contribution in [3.8, 4) is 5.75 Å². The number of hydrogen-bond donors (Lipinski definition) is 2. The van der Waals surface area contributed by atoms with Gasteiger partial charge < -0.3 is 10.0 Å². The fraction of sp³-hybridized carbons (Fsp3) is 0.263.